The number of unbranched alkanes of at least 4 members (excludes halogenated alkanes) is 1. The Hall–Kier alpha value is -2.18. The second-order valence-electron chi connectivity index (χ2n) is 5.06. The lowest BCUT2D eigenvalue weighted by atomic mass is 10.1. The molecule has 1 aromatic carbocycles. The van der Waals surface area contributed by atoms with Gasteiger partial charge in [0.15, 0.2) is 5.69 Å². The van der Waals surface area contributed by atoms with Gasteiger partial charge in [-0.15, -0.1) is 0 Å². The first-order valence-electron chi connectivity index (χ1n) is 7.34. The number of carbonyl (C=O) groups is 1. The Morgan fingerprint density at radius 1 is 1.32 bits per heavy atom. The minimum atomic E-state index is -0.701. The van der Waals surface area contributed by atoms with Gasteiger partial charge in [0.1, 0.15) is 12.3 Å². The molecule has 0 saturated heterocycles. The minimum Gasteiger partial charge on any atom is -0.446 e. The first kappa shape index (κ1) is 16.2. The van der Waals surface area contributed by atoms with Crippen LogP contribution in [0, 0.1) is 0 Å². The van der Waals surface area contributed by atoms with Crippen molar-refractivity contribution in [2.45, 2.75) is 25.3 Å². The first-order valence-corrected chi connectivity index (χ1v) is 7.34. The van der Waals surface area contributed by atoms with Crippen LogP contribution in [-0.4, -0.2) is 29.1 Å². The van der Waals surface area contributed by atoms with Crippen LogP contribution in [-0.2, 0) is 6.42 Å². The number of hydrogen-bond donors (Lipinski definition) is 3. The molecule has 22 heavy (non-hydrogen) atoms. The average molecular weight is 303 g/mol. The number of nitrogens with one attached hydrogen (secondary N) is 1. The summed E-state index contributed by atoms with van der Waals surface area (Å²) in [6.07, 6.45) is 4.14. The molecule has 1 aromatic heterocycles. The van der Waals surface area contributed by atoms with Gasteiger partial charge in [0.25, 0.3) is 5.91 Å². The fraction of sp³-hybridized carbons (Fsp3) is 0.375. The predicted molar refractivity (Wildman–Crippen MR) is 82.2 cm³/mol. The fourth-order valence-corrected chi connectivity index (χ4v) is 2.03. The van der Waals surface area contributed by atoms with Gasteiger partial charge in [-0.2, -0.15) is 0 Å². The van der Waals surface area contributed by atoms with Crippen molar-refractivity contribution in [1.29, 1.82) is 0 Å². The third-order valence-electron chi connectivity index (χ3n) is 3.29. The molecule has 4 N–H and O–H groups in total. The molecule has 6 heteroatoms. The fourth-order valence-electron chi connectivity index (χ4n) is 2.03. The van der Waals surface area contributed by atoms with Crippen molar-refractivity contribution in [2.24, 2.45) is 5.73 Å². The molecule has 1 unspecified atom stereocenters. The van der Waals surface area contributed by atoms with Crippen molar-refractivity contribution in [3.05, 3.63) is 53.7 Å². The van der Waals surface area contributed by atoms with Gasteiger partial charge in [-0.1, -0.05) is 30.3 Å². The summed E-state index contributed by atoms with van der Waals surface area (Å²) in [5.74, 6) is -0.128. The highest BCUT2D eigenvalue weighted by Crippen LogP contribution is 2.09. The zero-order chi connectivity index (χ0) is 15.8. The molecule has 2 aromatic rings. The minimum absolute atomic E-state index is 0.164. The van der Waals surface area contributed by atoms with E-state index in [1.54, 1.807) is 0 Å². The van der Waals surface area contributed by atoms with Crippen LogP contribution in [0.3, 0.4) is 0 Å². The molecule has 0 spiro atoms. The second-order valence-corrected chi connectivity index (χ2v) is 5.06. The number of rotatable bonds is 8. The van der Waals surface area contributed by atoms with Gasteiger partial charge >= 0.3 is 0 Å². The van der Waals surface area contributed by atoms with Crippen molar-refractivity contribution in [3.63, 3.8) is 0 Å². The van der Waals surface area contributed by atoms with E-state index in [0.29, 0.717) is 6.54 Å². The maximum Gasteiger partial charge on any atom is 0.273 e. The van der Waals surface area contributed by atoms with E-state index in [1.165, 1.54) is 11.8 Å². The zero-order valence-electron chi connectivity index (χ0n) is 12.4. The van der Waals surface area contributed by atoms with Gasteiger partial charge in [-0.3, -0.25) is 4.79 Å². The molecule has 0 aliphatic rings. The molecule has 118 valence electrons. The van der Waals surface area contributed by atoms with Gasteiger partial charge in [0.2, 0.25) is 5.89 Å². The van der Waals surface area contributed by atoms with Gasteiger partial charge < -0.3 is 20.6 Å². The summed E-state index contributed by atoms with van der Waals surface area (Å²) in [5, 5.41) is 11.7. The Kier molecular flexibility index (Phi) is 6.12. The van der Waals surface area contributed by atoms with Crippen molar-refractivity contribution in [1.82, 2.24) is 10.3 Å². The van der Waals surface area contributed by atoms with E-state index in [0.717, 1.165) is 19.3 Å². The van der Waals surface area contributed by atoms with Gasteiger partial charge in [-0.25, -0.2) is 4.98 Å². The number of hydrogen-bond acceptors (Lipinski definition) is 5. The van der Waals surface area contributed by atoms with Crippen LogP contribution in [0.15, 0.2) is 41.0 Å². The predicted octanol–water partition coefficient (Wildman–Crippen LogP) is 1.42. The molecule has 0 bridgehead atoms. The highest BCUT2D eigenvalue weighted by Gasteiger charge is 2.15. The van der Waals surface area contributed by atoms with E-state index < -0.39 is 6.04 Å². The van der Waals surface area contributed by atoms with Crippen LogP contribution in [0.5, 0.6) is 0 Å². The molecule has 0 aliphatic heterocycles. The summed E-state index contributed by atoms with van der Waals surface area (Å²) < 4.78 is 5.07. The Morgan fingerprint density at radius 3 is 2.82 bits per heavy atom. The van der Waals surface area contributed by atoms with E-state index in [2.05, 4.69) is 22.4 Å². The number of aryl methyl sites for hydroxylation is 1. The number of benzene rings is 1. The summed E-state index contributed by atoms with van der Waals surface area (Å²) >= 11 is 0. The summed E-state index contributed by atoms with van der Waals surface area (Å²) in [5.41, 5.74) is 7.05. The third-order valence-corrected chi connectivity index (χ3v) is 3.29. The van der Waals surface area contributed by atoms with E-state index in [-0.39, 0.29) is 24.1 Å². The van der Waals surface area contributed by atoms with Crippen molar-refractivity contribution in [2.75, 3.05) is 13.2 Å². The Labute approximate surface area is 129 Å². The summed E-state index contributed by atoms with van der Waals surface area (Å²) in [6, 6.07) is 9.54. The smallest absolute Gasteiger partial charge is 0.273 e. The molecular formula is C16H21N3O3. The summed E-state index contributed by atoms with van der Waals surface area (Å²) in [4.78, 5) is 15.8. The van der Waals surface area contributed by atoms with Crippen LogP contribution in [0.1, 0.15) is 40.8 Å². The third kappa shape index (κ3) is 4.68. The molecular weight excluding hydrogens is 282 g/mol. The molecule has 0 fully saturated rings. The maximum absolute atomic E-state index is 11.9. The number of carbonyl (C=O) groups excluding carboxylic acids is 1. The number of aliphatic hydroxyl groups excluding tert-OH is 1. The number of amides is 1. The standard InChI is InChI=1S/C16H21N3O3/c17-13(10-20)16-19-14(11-22-16)15(21)18-9-5-4-8-12-6-2-1-3-7-12/h1-3,6-7,11,13,20H,4-5,8-10,17H2,(H,18,21). The maximum atomic E-state index is 11.9. The summed E-state index contributed by atoms with van der Waals surface area (Å²) in [6.45, 7) is 0.307. The number of oxazole rings is 1. The number of aliphatic hydroxyl groups is 1. The SMILES string of the molecule is NC(CO)c1nc(C(=O)NCCCCc2ccccc2)co1. The normalized spacial score (nSPS) is 12.1. The highest BCUT2D eigenvalue weighted by molar-refractivity contribution is 5.91. The van der Waals surface area contributed by atoms with Crippen LogP contribution in [0.25, 0.3) is 0 Å². The van der Waals surface area contributed by atoms with Crippen molar-refractivity contribution in [3.8, 4) is 0 Å². The van der Waals surface area contributed by atoms with Gasteiger partial charge in [0, 0.05) is 6.54 Å². The molecule has 0 radical (unpaired) electrons. The summed E-state index contributed by atoms with van der Waals surface area (Å²) in [7, 11) is 0. The molecule has 1 amide bonds. The monoisotopic (exact) mass is 303 g/mol. The zero-order valence-corrected chi connectivity index (χ0v) is 12.4. The lowest BCUT2D eigenvalue weighted by Gasteiger charge is -2.03. The first-order chi connectivity index (χ1) is 10.7. The van der Waals surface area contributed by atoms with E-state index in [4.69, 9.17) is 15.3 Å². The number of aromatic nitrogens is 1. The van der Waals surface area contributed by atoms with Gasteiger partial charge in [-0.05, 0) is 24.8 Å². The highest BCUT2D eigenvalue weighted by atomic mass is 16.3. The van der Waals surface area contributed by atoms with Crippen molar-refractivity contribution < 1.29 is 14.3 Å². The molecule has 2 rings (SSSR count). The van der Waals surface area contributed by atoms with E-state index in [9.17, 15) is 4.79 Å². The van der Waals surface area contributed by atoms with Crippen LogP contribution in [0.2, 0.25) is 0 Å². The Bertz CT molecular complexity index is 583. The average Bonchev–Trinajstić information content (AvgIpc) is 3.04. The van der Waals surface area contributed by atoms with Crippen LogP contribution in [0.4, 0.5) is 0 Å². The Balaban J connectivity index is 1.68. The van der Waals surface area contributed by atoms with E-state index >= 15 is 0 Å². The topological polar surface area (TPSA) is 101 Å². The molecule has 0 saturated carbocycles. The lowest BCUT2D eigenvalue weighted by molar-refractivity contribution is 0.0948. The molecule has 1 atom stereocenters. The van der Waals surface area contributed by atoms with Crippen LogP contribution >= 0.6 is 0 Å². The van der Waals surface area contributed by atoms with Crippen LogP contribution < -0.4 is 11.1 Å². The lowest BCUT2D eigenvalue weighted by Crippen LogP contribution is -2.25. The second kappa shape index (κ2) is 8.31. The molecule has 1 heterocycles. The van der Waals surface area contributed by atoms with Crippen molar-refractivity contribution >= 4 is 5.91 Å². The van der Waals surface area contributed by atoms with E-state index in [1.807, 2.05) is 18.2 Å². The quantitative estimate of drug-likeness (QED) is 0.640. The largest absolute Gasteiger partial charge is 0.446 e. The molecule has 0 aliphatic carbocycles. The molecule has 6 nitrogen and oxygen atoms in total. The van der Waals surface area contributed by atoms with Gasteiger partial charge in [0.05, 0.1) is 6.61 Å². The number of nitrogens with zero attached hydrogens (tertiary/aromatic N) is 1. The Morgan fingerprint density at radius 2 is 2.09 bits per heavy atom. The number of nitrogens with two attached hydrogens (primary N) is 1.